The fraction of sp³-hybridized carbons (Fsp3) is 1.00. The molecule has 1 fully saturated rings. The third kappa shape index (κ3) is 3.44. The van der Waals surface area contributed by atoms with Crippen molar-refractivity contribution in [3.8, 4) is 0 Å². The minimum absolute atomic E-state index is 0.579. The topological polar surface area (TPSA) is 18.5 Å². The van der Waals surface area contributed by atoms with Crippen LogP contribution >= 0.6 is 0 Å². The third-order valence-electron chi connectivity index (χ3n) is 3.83. The third-order valence-corrected chi connectivity index (χ3v) is 3.83. The number of piperazine rings is 1. The van der Waals surface area contributed by atoms with Crippen LogP contribution in [0.2, 0.25) is 0 Å². The van der Waals surface area contributed by atoms with Gasteiger partial charge in [-0.1, -0.05) is 0 Å². The van der Waals surface area contributed by atoms with Crippen LogP contribution in [-0.4, -0.2) is 61.2 Å². The maximum atomic E-state index is 3.34. The van der Waals surface area contributed by atoms with Crippen molar-refractivity contribution in [3.05, 3.63) is 0 Å². The summed E-state index contributed by atoms with van der Waals surface area (Å²) in [7, 11) is 2.05. The monoisotopic (exact) mass is 213 g/mol. The lowest BCUT2D eigenvalue weighted by Crippen LogP contribution is -2.55. The molecule has 2 unspecified atom stereocenters. The summed E-state index contributed by atoms with van der Waals surface area (Å²) in [5, 5.41) is 3.34. The van der Waals surface area contributed by atoms with Gasteiger partial charge in [0.1, 0.15) is 0 Å². The molecular formula is C12H27N3. The van der Waals surface area contributed by atoms with Crippen LogP contribution in [0.1, 0.15) is 27.7 Å². The molecule has 3 heteroatoms. The normalized spacial score (nSPS) is 24.4. The van der Waals surface area contributed by atoms with Crippen molar-refractivity contribution >= 4 is 0 Å². The van der Waals surface area contributed by atoms with Crippen molar-refractivity contribution in [1.82, 2.24) is 15.1 Å². The van der Waals surface area contributed by atoms with E-state index in [0.29, 0.717) is 18.1 Å². The molecular weight excluding hydrogens is 186 g/mol. The van der Waals surface area contributed by atoms with Crippen LogP contribution in [0.5, 0.6) is 0 Å². The predicted molar refractivity (Wildman–Crippen MR) is 66.3 cm³/mol. The molecule has 0 aromatic carbocycles. The first-order chi connectivity index (χ1) is 7.06. The predicted octanol–water partition coefficient (Wildman–Crippen LogP) is 1.01. The summed E-state index contributed by atoms with van der Waals surface area (Å²) in [6.07, 6.45) is 0. The molecule has 15 heavy (non-hydrogen) atoms. The summed E-state index contributed by atoms with van der Waals surface area (Å²) in [6, 6.07) is 1.92. The molecule has 0 aliphatic carbocycles. The van der Waals surface area contributed by atoms with E-state index in [2.05, 4.69) is 42.8 Å². The Morgan fingerprint density at radius 2 is 1.33 bits per heavy atom. The molecule has 3 nitrogen and oxygen atoms in total. The van der Waals surface area contributed by atoms with Gasteiger partial charge in [0.2, 0.25) is 0 Å². The molecule has 1 aliphatic heterocycles. The lowest BCUT2D eigenvalue weighted by Gasteiger charge is -2.41. The largest absolute Gasteiger partial charge is 0.316 e. The number of nitrogens with one attached hydrogen (secondary N) is 1. The zero-order chi connectivity index (χ0) is 11.4. The molecule has 0 saturated carbocycles. The summed E-state index contributed by atoms with van der Waals surface area (Å²) in [6.45, 7) is 14.0. The van der Waals surface area contributed by atoms with Crippen LogP contribution < -0.4 is 5.32 Å². The maximum Gasteiger partial charge on any atom is 0.0219 e. The van der Waals surface area contributed by atoms with Crippen molar-refractivity contribution in [1.29, 1.82) is 0 Å². The van der Waals surface area contributed by atoms with Crippen molar-refractivity contribution in [3.63, 3.8) is 0 Å². The maximum absolute atomic E-state index is 3.34. The minimum atomic E-state index is 0.579. The average molecular weight is 213 g/mol. The molecule has 1 aliphatic rings. The standard InChI is InChI=1S/C12H27N3/c1-10(2)14-6-8-15(9-7-14)12(4)11(3)13-5/h10-13H,6-9H2,1-5H3. The van der Waals surface area contributed by atoms with E-state index in [0.717, 1.165) is 0 Å². The van der Waals surface area contributed by atoms with Gasteiger partial charge in [-0.15, -0.1) is 0 Å². The van der Waals surface area contributed by atoms with Gasteiger partial charge >= 0.3 is 0 Å². The zero-order valence-corrected chi connectivity index (χ0v) is 11.0. The average Bonchev–Trinajstić information content (AvgIpc) is 2.27. The molecule has 0 spiro atoms. The number of hydrogen-bond donors (Lipinski definition) is 1. The van der Waals surface area contributed by atoms with E-state index in [1.807, 2.05) is 7.05 Å². The molecule has 1 rings (SSSR count). The summed E-state index contributed by atoms with van der Waals surface area (Å²) in [4.78, 5) is 5.16. The van der Waals surface area contributed by atoms with Crippen LogP contribution in [0.25, 0.3) is 0 Å². The smallest absolute Gasteiger partial charge is 0.0219 e. The fourth-order valence-corrected chi connectivity index (χ4v) is 2.22. The number of hydrogen-bond acceptors (Lipinski definition) is 3. The second-order valence-corrected chi connectivity index (χ2v) is 4.98. The highest BCUT2D eigenvalue weighted by Crippen LogP contribution is 2.10. The number of rotatable bonds is 4. The number of nitrogens with zero attached hydrogens (tertiary/aromatic N) is 2. The highest BCUT2D eigenvalue weighted by atomic mass is 15.3. The second kappa shape index (κ2) is 5.83. The molecule has 0 amide bonds. The Labute approximate surface area is 94.8 Å². The van der Waals surface area contributed by atoms with Crippen molar-refractivity contribution in [2.45, 2.75) is 45.8 Å². The molecule has 0 aromatic heterocycles. The summed E-state index contributed by atoms with van der Waals surface area (Å²) in [5.74, 6) is 0. The first kappa shape index (κ1) is 12.9. The van der Waals surface area contributed by atoms with Gasteiger partial charge in [-0.2, -0.15) is 0 Å². The van der Waals surface area contributed by atoms with Gasteiger partial charge in [0.25, 0.3) is 0 Å². The van der Waals surface area contributed by atoms with E-state index in [1.165, 1.54) is 26.2 Å². The van der Waals surface area contributed by atoms with Gasteiger partial charge in [-0.3, -0.25) is 9.80 Å². The van der Waals surface area contributed by atoms with Crippen molar-refractivity contribution in [2.24, 2.45) is 0 Å². The molecule has 0 radical (unpaired) electrons. The summed E-state index contributed by atoms with van der Waals surface area (Å²) >= 11 is 0. The van der Waals surface area contributed by atoms with E-state index >= 15 is 0 Å². The van der Waals surface area contributed by atoms with Crippen molar-refractivity contribution in [2.75, 3.05) is 33.2 Å². The highest BCUT2D eigenvalue weighted by molar-refractivity contribution is 4.82. The number of likely N-dealkylation sites (N-methyl/N-ethyl adjacent to an activating group) is 1. The summed E-state index contributed by atoms with van der Waals surface area (Å²) < 4.78 is 0. The molecule has 1 saturated heterocycles. The van der Waals surface area contributed by atoms with Gasteiger partial charge in [-0.05, 0) is 34.7 Å². The first-order valence-corrected chi connectivity index (χ1v) is 6.21. The van der Waals surface area contributed by atoms with Crippen LogP contribution in [-0.2, 0) is 0 Å². The van der Waals surface area contributed by atoms with Crippen LogP contribution in [0.3, 0.4) is 0 Å². The molecule has 1 N–H and O–H groups in total. The molecule has 0 aromatic rings. The lowest BCUT2D eigenvalue weighted by atomic mass is 10.1. The highest BCUT2D eigenvalue weighted by Gasteiger charge is 2.24. The Morgan fingerprint density at radius 3 is 1.73 bits per heavy atom. The van der Waals surface area contributed by atoms with E-state index in [4.69, 9.17) is 0 Å². The van der Waals surface area contributed by atoms with Gasteiger partial charge < -0.3 is 5.32 Å². The van der Waals surface area contributed by atoms with Gasteiger partial charge in [0.05, 0.1) is 0 Å². The Morgan fingerprint density at radius 1 is 0.867 bits per heavy atom. The Hall–Kier alpha value is -0.120. The lowest BCUT2D eigenvalue weighted by molar-refractivity contribution is 0.0733. The van der Waals surface area contributed by atoms with Crippen LogP contribution in [0, 0.1) is 0 Å². The van der Waals surface area contributed by atoms with E-state index in [1.54, 1.807) is 0 Å². The molecule has 1 heterocycles. The molecule has 0 bridgehead atoms. The van der Waals surface area contributed by atoms with Crippen LogP contribution in [0.15, 0.2) is 0 Å². The SMILES string of the molecule is CNC(C)C(C)N1CCN(C(C)C)CC1. The molecule has 90 valence electrons. The Bertz CT molecular complexity index is 174. The van der Waals surface area contributed by atoms with Crippen molar-refractivity contribution < 1.29 is 0 Å². The second-order valence-electron chi connectivity index (χ2n) is 4.98. The van der Waals surface area contributed by atoms with E-state index in [9.17, 15) is 0 Å². The summed E-state index contributed by atoms with van der Waals surface area (Å²) in [5.41, 5.74) is 0. The quantitative estimate of drug-likeness (QED) is 0.752. The first-order valence-electron chi connectivity index (χ1n) is 6.21. The van der Waals surface area contributed by atoms with Crippen LogP contribution in [0.4, 0.5) is 0 Å². The van der Waals surface area contributed by atoms with E-state index < -0.39 is 0 Å². The Kier molecular flexibility index (Phi) is 5.03. The fourth-order valence-electron chi connectivity index (χ4n) is 2.22. The van der Waals surface area contributed by atoms with Gasteiger partial charge in [0.15, 0.2) is 0 Å². The molecule has 2 atom stereocenters. The Balaban J connectivity index is 2.36. The minimum Gasteiger partial charge on any atom is -0.316 e. The van der Waals surface area contributed by atoms with Gasteiger partial charge in [-0.25, -0.2) is 0 Å². The van der Waals surface area contributed by atoms with Gasteiger partial charge in [0, 0.05) is 44.3 Å². The van der Waals surface area contributed by atoms with E-state index in [-0.39, 0.29) is 0 Å². The zero-order valence-electron chi connectivity index (χ0n) is 11.0.